The Morgan fingerprint density at radius 3 is 2.38 bits per heavy atom. The summed E-state index contributed by atoms with van der Waals surface area (Å²) in [5.41, 5.74) is 0.497. The molecule has 16 heavy (non-hydrogen) atoms. The van der Waals surface area contributed by atoms with Gasteiger partial charge in [-0.25, -0.2) is 4.98 Å². The first-order valence-electron chi connectivity index (χ1n) is 5.21. The molecule has 6 heteroatoms. The van der Waals surface area contributed by atoms with Gasteiger partial charge in [0.2, 0.25) is 5.91 Å². The lowest BCUT2D eigenvalue weighted by atomic mass is 10.3. The molecule has 0 atom stereocenters. The van der Waals surface area contributed by atoms with Crippen molar-refractivity contribution in [3.8, 4) is 0 Å². The molecule has 0 spiro atoms. The van der Waals surface area contributed by atoms with Gasteiger partial charge in [-0.2, -0.15) is 0 Å². The van der Waals surface area contributed by atoms with E-state index in [0.717, 1.165) is 0 Å². The van der Waals surface area contributed by atoms with Gasteiger partial charge >= 0.3 is 0 Å². The second kappa shape index (κ2) is 4.34. The number of aromatic amines is 1. The molecule has 0 aromatic carbocycles. The van der Waals surface area contributed by atoms with Crippen molar-refractivity contribution in [2.24, 2.45) is 0 Å². The van der Waals surface area contributed by atoms with Crippen molar-refractivity contribution in [1.82, 2.24) is 19.8 Å². The molecule has 0 bridgehead atoms. The number of nitrogens with zero attached hydrogens (tertiary/aromatic N) is 3. The maximum absolute atomic E-state index is 11.9. The van der Waals surface area contributed by atoms with E-state index in [1.54, 1.807) is 16.7 Å². The van der Waals surface area contributed by atoms with Gasteiger partial charge in [-0.05, 0) is 0 Å². The number of nitrogens with one attached hydrogen (secondary N) is 1. The highest BCUT2D eigenvalue weighted by Crippen LogP contribution is 2.06. The molecular formula is C10H14N4O2. The number of rotatable bonds is 1. The van der Waals surface area contributed by atoms with Gasteiger partial charge in [0.15, 0.2) is 0 Å². The predicted molar refractivity (Wildman–Crippen MR) is 56.7 cm³/mol. The fraction of sp³-hybridized carbons (Fsp3) is 0.500. The molecule has 0 unspecified atom stereocenters. The van der Waals surface area contributed by atoms with Crippen LogP contribution in [0, 0.1) is 0 Å². The second-order valence-electron chi connectivity index (χ2n) is 3.76. The van der Waals surface area contributed by atoms with Crippen LogP contribution in [0.25, 0.3) is 0 Å². The van der Waals surface area contributed by atoms with E-state index < -0.39 is 0 Å². The SMILES string of the molecule is CC(=O)N1CCN(C(=O)c2cnc[nH]2)CC1. The average molecular weight is 222 g/mol. The first-order valence-corrected chi connectivity index (χ1v) is 5.21. The van der Waals surface area contributed by atoms with Gasteiger partial charge < -0.3 is 14.8 Å². The fourth-order valence-corrected chi connectivity index (χ4v) is 1.77. The van der Waals surface area contributed by atoms with Crippen molar-refractivity contribution < 1.29 is 9.59 Å². The lowest BCUT2D eigenvalue weighted by Crippen LogP contribution is -2.50. The standard InChI is InChI=1S/C10H14N4O2/c1-8(15)13-2-4-14(5-3-13)10(16)9-6-11-7-12-9/h6-7H,2-5H2,1H3,(H,11,12). The number of imidazole rings is 1. The highest BCUT2D eigenvalue weighted by atomic mass is 16.2. The molecular weight excluding hydrogens is 208 g/mol. The van der Waals surface area contributed by atoms with Crippen molar-refractivity contribution in [3.05, 3.63) is 18.2 Å². The summed E-state index contributed by atoms with van der Waals surface area (Å²) in [6.07, 6.45) is 3.00. The molecule has 6 nitrogen and oxygen atoms in total. The normalized spacial score (nSPS) is 16.3. The maximum Gasteiger partial charge on any atom is 0.272 e. The summed E-state index contributed by atoms with van der Waals surface area (Å²) in [4.78, 5) is 33.1. The number of H-pyrrole nitrogens is 1. The molecule has 1 aliphatic heterocycles. The van der Waals surface area contributed by atoms with Crippen LogP contribution in [0.15, 0.2) is 12.5 Å². The Kier molecular flexibility index (Phi) is 2.89. The third-order valence-electron chi connectivity index (χ3n) is 2.74. The second-order valence-corrected chi connectivity index (χ2v) is 3.76. The number of piperazine rings is 1. The van der Waals surface area contributed by atoms with E-state index in [2.05, 4.69) is 9.97 Å². The number of hydrogen-bond donors (Lipinski definition) is 1. The molecule has 0 radical (unpaired) electrons. The average Bonchev–Trinajstić information content (AvgIpc) is 2.81. The van der Waals surface area contributed by atoms with Gasteiger partial charge in [-0.15, -0.1) is 0 Å². The summed E-state index contributed by atoms with van der Waals surface area (Å²) < 4.78 is 0. The van der Waals surface area contributed by atoms with Crippen LogP contribution in [0.3, 0.4) is 0 Å². The zero-order valence-corrected chi connectivity index (χ0v) is 9.14. The summed E-state index contributed by atoms with van der Waals surface area (Å²) in [6.45, 7) is 3.92. The molecule has 1 aliphatic rings. The smallest absolute Gasteiger partial charge is 0.272 e. The Morgan fingerprint density at radius 2 is 1.88 bits per heavy atom. The van der Waals surface area contributed by atoms with Gasteiger partial charge in [0, 0.05) is 33.1 Å². The molecule has 1 aromatic heterocycles. The van der Waals surface area contributed by atoms with Gasteiger partial charge in [0.1, 0.15) is 5.69 Å². The van der Waals surface area contributed by atoms with Crippen molar-refractivity contribution in [3.63, 3.8) is 0 Å². The van der Waals surface area contributed by atoms with Crippen molar-refractivity contribution in [2.45, 2.75) is 6.92 Å². The van der Waals surface area contributed by atoms with Gasteiger partial charge in [0.05, 0.1) is 12.5 Å². The van der Waals surface area contributed by atoms with Gasteiger partial charge in [0.25, 0.3) is 5.91 Å². The Morgan fingerprint density at radius 1 is 1.25 bits per heavy atom. The molecule has 1 fully saturated rings. The molecule has 1 aromatic rings. The van der Waals surface area contributed by atoms with E-state index in [4.69, 9.17) is 0 Å². The fourth-order valence-electron chi connectivity index (χ4n) is 1.77. The molecule has 2 heterocycles. The summed E-state index contributed by atoms with van der Waals surface area (Å²) in [6, 6.07) is 0. The molecule has 1 N–H and O–H groups in total. The van der Waals surface area contributed by atoms with Crippen LogP contribution in [0.5, 0.6) is 0 Å². The largest absolute Gasteiger partial charge is 0.341 e. The summed E-state index contributed by atoms with van der Waals surface area (Å²) in [5, 5.41) is 0. The topological polar surface area (TPSA) is 69.3 Å². The zero-order chi connectivity index (χ0) is 11.5. The van der Waals surface area contributed by atoms with Crippen LogP contribution in [-0.4, -0.2) is 57.8 Å². The van der Waals surface area contributed by atoms with E-state index in [1.165, 1.54) is 12.5 Å². The quantitative estimate of drug-likeness (QED) is 0.710. The van der Waals surface area contributed by atoms with E-state index in [-0.39, 0.29) is 11.8 Å². The maximum atomic E-state index is 11.9. The first-order chi connectivity index (χ1) is 7.68. The Hall–Kier alpha value is -1.85. The van der Waals surface area contributed by atoms with E-state index in [1.807, 2.05) is 0 Å². The van der Waals surface area contributed by atoms with Crippen LogP contribution in [0.2, 0.25) is 0 Å². The minimum atomic E-state index is -0.0549. The molecule has 1 saturated heterocycles. The van der Waals surface area contributed by atoms with Crippen LogP contribution in [-0.2, 0) is 4.79 Å². The van der Waals surface area contributed by atoms with Crippen LogP contribution >= 0.6 is 0 Å². The van der Waals surface area contributed by atoms with Crippen LogP contribution < -0.4 is 0 Å². The van der Waals surface area contributed by atoms with Crippen molar-refractivity contribution >= 4 is 11.8 Å². The zero-order valence-electron chi connectivity index (χ0n) is 9.14. The van der Waals surface area contributed by atoms with Gasteiger partial charge in [-0.3, -0.25) is 9.59 Å². The molecule has 2 rings (SSSR count). The third-order valence-corrected chi connectivity index (χ3v) is 2.74. The van der Waals surface area contributed by atoms with E-state index in [9.17, 15) is 9.59 Å². The van der Waals surface area contributed by atoms with E-state index in [0.29, 0.717) is 31.9 Å². The molecule has 86 valence electrons. The summed E-state index contributed by atoms with van der Waals surface area (Å²) >= 11 is 0. The number of hydrogen-bond acceptors (Lipinski definition) is 3. The number of aromatic nitrogens is 2. The number of amides is 2. The number of carbonyl (C=O) groups is 2. The molecule has 0 aliphatic carbocycles. The lowest BCUT2D eigenvalue weighted by molar-refractivity contribution is -0.130. The minimum Gasteiger partial charge on any atom is -0.341 e. The highest BCUT2D eigenvalue weighted by Gasteiger charge is 2.23. The lowest BCUT2D eigenvalue weighted by Gasteiger charge is -2.33. The summed E-state index contributed by atoms with van der Waals surface area (Å²) in [7, 11) is 0. The predicted octanol–water partition coefficient (Wildman–Crippen LogP) is -0.286. The Balaban J connectivity index is 1.94. The third kappa shape index (κ3) is 2.05. The Labute approximate surface area is 93.3 Å². The van der Waals surface area contributed by atoms with Crippen molar-refractivity contribution in [1.29, 1.82) is 0 Å². The number of carbonyl (C=O) groups excluding carboxylic acids is 2. The van der Waals surface area contributed by atoms with E-state index >= 15 is 0 Å². The monoisotopic (exact) mass is 222 g/mol. The van der Waals surface area contributed by atoms with Crippen LogP contribution in [0.4, 0.5) is 0 Å². The molecule has 2 amide bonds. The first kappa shape index (κ1) is 10.7. The summed E-state index contributed by atoms with van der Waals surface area (Å²) in [5.74, 6) is 0.00865. The van der Waals surface area contributed by atoms with Gasteiger partial charge in [-0.1, -0.05) is 0 Å². The molecule has 0 saturated carbocycles. The van der Waals surface area contributed by atoms with Crippen LogP contribution in [0.1, 0.15) is 17.4 Å². The Bertz CT molecular complexity index is 380. The highest BCUT2D eigenvalue weighted by molar-refractivity contribution is 5.92. The minimum absolute atomic E-state index is 0.0549. The van der Waals surface area contributed by atoms with Crippen molar-refractivity contribution in [2.75, 3.05) is 26.2 Å².